The minimum absolute atomic E-state index is 0.0407. The van der Waals surface area contributed by atoms with E-state index >= 15 is 0 Å². The van der Waals surface area contributed by atoms with Crippen LogP contribution in [0.25, 0.3) is 11.0 Å². The summed E-state index contributed by atoms with van der Waals surface area (Å²) in [4.78, 5) is 28.3. The molecule has 5 rings (SSSR count). The van der Waals surface area contributed by atoms with Crippen LogP contribution in [0, 0.1) is 19.7 Å². The molecule has 5 nitrogen and oxygen atoms in total. The molecule has 0 aliphatic carbocycles. The van der Waals surface area contributed by atoms with Gasteiger partial charge in [0.25, 0.3) is 5.91 Å². The molecule has 1 aliphatic heterocycles. The summed E-state index contributed by atoms with van der Waals surface area (Å²) in [5.74, 6) is -2.53. The standard InChI is InChI=1S/C27H19ClFNO4/c1-14-9-15(2)11-20(10-14)30-24(16-3-6-19(29)7-4-16)23(26(32)27(30)33)25(31)22-13-17-12-18(28)5-8-21(17)34-22/h3-13,24,32H,1-2H3. The summed E-state index contributed by atoms with van der Waals surface area (Å²) >= 11 is 6.05. The molecule has 1 unspecified atom stereocenters. The van der Waals surface area contributed by atoms with Gasteiger partial charge in [0.15, 0.2) is 11.5 Å². The van der Waals surface area contributed by atoms with Crippen molar-refractivity contribution < 1.29 is 23.5 Å². The summed E-state index contributed by atoms with van der Waals surface area (Å²) in [6.07, 6.45) is 0. The van der Waals surface area contributed by atoms with Crippen LogP contribution in [0.5, 0.6) is 0 Å². The monoisotopic (exact) mass is 475 g/mol. The number of Topliss-reactive ketones (excluding diaryl/α,β-unsaturated/α-hetero) is 1. The first kappa shape index (κ1) is 21.9. The third kappa shape index (κ3) is 3.66. The van der Waals surface area contributed by atoms with Crippen molar-refractivity contribution in [1.29, 1.82) is 0 Å². The maximum Gasteiger partial charge on any atom is 0.294 e. The van der Waals surface area contributed by atoms with Gasteiger partial charge >= 0.3 is 0 Å². The molecule has 0 radical (unpaired) electrons. The van der Waals surface area contributed by atoms with Crippen LogP contribution in [-0.2, 0) is 4.79 Å². The Morgan fingerprint density at radius 3 is 2.35 bits per heavy atom. The molecule has 1 aromatic heterocycles. The van der Waals surface area contributed by atoms with Gasteiger partial charge in [-0.1, -0.05) is 29.8 Å². The Bertz CT molecular complexity index is 1480. The molecule has 0 bridgehead atoms. The number of aliphatic hydroxyl groups excluding tert-OH is 1. The van der Waals surface area contributed by atoms with E-state index in [4.69, 9.17) is 16.0 Å². The van der Waals surface area contributed by atoms with E-state index in [1.807, 2.05) is 19.9 Å². The van der Waals surface area contributed by atoms with Gasteiger partial charge in [-0.2, -0.15) is 0 Å². The van der Waals surface area contributed by atoms with E-state index in [0.29, 0.717) is 27.2 Å². The molecule has 4 aromatic rings. The fraction of sp³-hybridized carbons (Fsp3) is 0.111. The summed E-state index contributed by atoms with van der Waals surface area (Å²) < 4.78 is 19.4. The predicted octanol–water partition coefficient (Wildman–Crippen LogP) is 6.63. The number of anilines is 1. The number of hydrogen-bond donors (Lipinski definition) is 1. The van der Waals surface area contributed by atoms with Gasteiger partial charge < -0.3 is 9.52 Å². The second kappa shape index (κ2) is 8.15. The molecule has 0 fully saturated rings. The van der Waals surface area contributed by atoms with Crippen molar-refractivity contribution in [1.82, 2.24) is 0 Å². The fourth-order valence-electron chi connectivity index (χ4n) is 4.41. The van der Waals surface area contributed by atoms with Gasteiger partial charge in [-0.15, -0.1) is 0 Å². The number of carbonyl (C=O) groups is 2. The van der Waals surface area contributed by atoms with E-state index in [2.05, 4.69) is 0 Å². The number of carbonyl (C=O) groups excluding carboxylic acids is 2. The zero-order chi connectivity index (χ0) is 24.1. The van der Waals surface area contributed by atoms with Gasteiger partial charge in [0.1, 0.15) is 11.4 Å². The smallest absolute Gasteiger partial charge is 0.294 e. The highest BCUT2D eigenvalue weighted by Crippen LogP contribution is 2.43. The summed E-state index contributed by atoms with van der Waals surface area (Å²) in [6.45, 7) is 3.78. The van der Waals surface area contributed by atoms with Crippen LogP contribution in [0.3, 0.4) is 0 Å². The number of rotatable bonds is 4. The second-order valence-electron chi connectivity index (χ2n) is 8.36. The second-order valence-corrected chi connectivity index (χ2v) is 8.80. The van der Waals surface area contributed by atoms with Gasteiger partial charge in [-0.25, -0.2) is 4.39 Å². The van der Waals surface area contributed by atoms with E-state index in [-0.39, 0.29) is 11.3 Å². The van der Waals surface area contributed by atoms with Crippen molar-refractivity contribution in [2.45, 2.75) is 19.9 Å². The Labute approximate surface area is 199 Å². The first-order valence-corrected chi connectivity index (χ1v) is 10.9. The highest BCUT2D eigenvalue weighted by Gasteiger charge is 2.45. The summed E-state index contributed by atoms with van der Waals surface area (Å²) in [5.41, 5.74) is 3.12. The fourth-order valence-corrected chi connectivity index (χ4v) is 4.59. The van der Waals surface area contributed by atoms with Crippen LogP contribution < -0.4 is 4.90 Å². The number of hydrogen-bond acceptors (Lipinski definition) is 4. The van der Waals surface area contributed by atoms with Crippen molar-refractivity contribution >= 4 is 39.9 Å². The molecular formula is C27H19ClFNO4. The van der Waals surface area contributed by atoms with Crippen LogP contribution in [0.2, 0.25) is 5.02 Å². The van der Waals surface area contributed by atoms with Crippen molar-refractivity contribution in [3.8, 4) is 0 Å². The highest BCUT2D eigenvalue weighted by molar-refractivity contribution is 6.31. The Morgan fingerprint density at radius 1 is 1.00 bits per heavy atom. The van der Waals surface area contributed by atoms with Gasteiger partial charge in [0.05, 0.1) is 11.6 Å². The molecule has 1 N–H and O–H groups in total. The molecule has 1 amide bonds. The lowest BCUT2D eigenvalue weighted by Gasteiger charge is -2.27. The maximum atomic E-state index is 13.7. The number of amides is 1. The van der Waals surface area contributed by atoms with Crippen LogP contribution in [0.4, 0.5) is 10.1 Å². The van der Waals surface area contributed by atoms with Gasteiger partial charge in [0, 0.05) is 16.1 Å². The zero-order valence-electron chi connectivity index (χ0n) is 18.3. The molecule has 7 heteroatoms. The number of furan rings is 1. The molecule has 1 aliphatic rings. The van der Waals surface area contributed by atoms with Crippen molar-refractivity contribution in [3.05, 3.63) is 111 Å². The van der Waals surface area contributed by atoms with Crippen LogP contribution in [0.15, 0.2) is 82.5 Å². The number of fused-ring (bicyclic) bond motifs is 1. The summed E-state index contributed by atoms with van der Waals surface area (Å²) in [6, 6.07) is 16.5. The lowest BCUT2D eigenvalue weighted by atomic mass is 9.94. The third-order valence-electron chi connectivity index (χ3n) is 5.83. The largest absolute Gasteiger partial charge is 0.503 e. The molecule has 170 valence electrons. The topological polar surface area (TPSA) is 70.8 Å². The minimum atomic E-state index is -0.974. The average molecular weight is 476 g/mol. The van der Waals surface area contributed by atoms with Crippen molar-refractivity contribution in [2.75, 3.05) is 4.90 Å². The average Bonchev–Trinajstić information content (AvgIpc) is 3.32. The van der Waals surface area contributed by atoms with E-state index in [0.717, 1.165) is 11.1 Å². The lowest BCUT2D eigenvalue weighted by Crippen LogP contribution is -2.31. The van der Waals surface area contributed by atoms with Gasteiger partial charge in [-0.3, -0.25) is 14.5 Å². The molecule has 0 saturated carbocycles. The highest BCUT2D eigenvalue weighted by atomic mass is 35.5. The molecule has 0 spiro atoms. The molecule has 3 aromatic carbocycles. The number of ketones is 1. The van der Waals surface area contributed by atoms with E-state index in [9.17, 15) is 19.1 Å². The zero-order valence-corrected chi connectivity index (χ0v) is 19.1. The quantitative estimate of drug-likeness (QED) is 0.336. The SMILES string of the molecule is Cc1cc(C)cc(N2C(=O)C(O)=C(C(=O)c3cc4cc(Cl)ccc4o3)C2c2ccc(F)cc2)c1. The Hall–Kier alpha value is -3.90. The molecule has 2 heterocycles. The number of nitrogens with zero attached hydrogens (tertiary/aromatic N) is 1. The number of aliphatic hydroxyl groups is 1. The Balaban J connectivity index is 1.67. The van der Waals surface area contributed by atoms with Gasteiger partial charge in [0.2, 0.25) is 5.78 Å². The van der Waals surface area contributed by atoms with Crippen molar-refractivity contribution in [3.63, 3.8) is 0 Å². The molecule has 0 saturated heterocycles. The molecule has 1 atom stereocenters. The number of benzene rings is 3. The summed E-state index contributed by atoms with van der Waals surface area (Å²) in [7, 11) is 0. The van der Waals surface area contributed by atoms with E-state index < -0.39 is 29.3 Å². The minimum Gasteiger partial charge on any atom is -0.503 e. The maximum absolute atomic E-state index is 13.7. The first-order chi connectivity index (χ1) is 16.2. The number of aryl methyl sites for hydroxylation is 2. The summed E-state index contributed by atoms with van der Waals surface area (Å²) in [5, 5.41) is 12.0. The normalized spacial score (nSPS) is 16.1. The third-order valence-corrected chi connectivity index (χ3v) is 6.06. The predicted molar refractivity (Wildman–Crippen MR) is 128 cm³/mol. The lowest BCUT2D eigenvalue weighted by molar-refractivity contribution is -0.117. The Kier molecular flexibility index (Phi) is 5.25. The first-order valence-electron chi connectivity index (χ1n) is 10.6. The molecule has 34 heavy (non-hydrogen) atoms. The number of halogens is 2. The Morgan fingerprint density at radius 2 is 1.68 bits per heavy atom. The van der Waals surface area contributed by atoms with Crippen molar-refractivity contribution in [2.24, 2.45) is 0 Å². The molecular weight excluding hydrogens is 457 g/mol. The van der Waals surface area contributed by atoms with Crippen LogP contribution in [-0.4, -0.2) is 16.8 Å². The van der Waals surface area contributed by atoms with E-state index in [1.54, 1.807) is 30.3 Å². The van der Waals surface area contributed by atoms with Crippen LogP contribution in [0.1, 0.15) is 33.3 Å². The van der Waals surface area contributed by atoms with E-state index in [1.165, 1.54) is 35.2 Å². The van der Waals surface area contributed by atoms with Gasteiger partial charge in [-0.05, 0) is 79.1 Å². The van der Waals surface area contributed by atoms with Crippen LogP contribution >= 0.6 is 11.6 Å².